The van der Waals surface area contributed by atoms with Crippen LogP contribution in [-0.4, -0.2) is 47.7 Å². The van der Waals surface area contributed by atoms with E-state index < -0.39 is 41.5 Å². The van der Waals surface area contributed by atoms with Gasteiger partial charge in [0, 0.05) is 25.8 Å². The molecule has 0 spiro atoms. The van der Waals surface area contributed by atoms with E-state index in [4.69, 9.17) is 11.6 Å². The number of halogens is 4. The Balaban J connectivity index is 1.69. The molecule has 4 rings (SSSR count). The first-order valence-electron chi connectivity index (χ1n) is 9.75. The molecule has 2 heterocycles. The van der Waals surface area contributed by atoms with Crippen LogP contribution in [0.5, 0.6) is 0 Å². The molecule has 0 bridgehead atoms. The van der Waals surface area contributed by atoms with Crippen LogP contribution in [0, 0.1) is 12.7 Å². The van der Waals surface area contributed by atoms with Crippen LogP contribution in [0.1, 0.15) is 5.56 Å². The van der Waals surface area contributed by atoms with Crippen molar-refractivity contribution in [2.75, 3.05) is 23.1 Å². The van der Waals surface area contributed by atoms with Gasteiger partial charge in [0.15, 0.2) is 0 Å². The van der Waals surface area contributed by atoms with Gasteiger partial charge in [0.25, 0.3) is 5.56 Å². The number of anilines is 3. The Morgan fingerprint density at radius 1 is 1.12 bits per heavy atom. The predicted octanol–water partition coefficient (Wildman–Crippen LogP) is 3.43. The van der Waals surface area contributed by atoms with Crippen molar-refractivity contribution in [2.45, 2.75) is 19.3 Å². The Labute approximate surface area is 192 Å². The molecule has 1 aliphatic rings. The summed E-state index contributed by atoms with van der Waals surface area (Å²) in [4.78, 5) is 16.7. The number of rotatable bonds is 5. The third-order valence-electron chi connectivity index (χ3n) is 5.43. The first kappa shape index (κ1) is 23.3. The minimum Gasteiger partial charge on any atom is -0.352 e. The zero-order valence-electron chi connectivity index (χ0n) is 17.4. The summed E-state index contributed by atoms with van der Waals surface area (Å²) < 4.78 is 70.7. The van der Waals surface area contributed by atoms with E-state index in [1.165, 1.54) is 10.9 Å². The monoisotopic (exact) mass is 501 g/mol. The van der Waals surface area contributed by atoms with Crippen LogP contribution in [-0.2, 0) is 17.3 Å². The van der Waals surface area contributed by atoms with Gasteiger partial charge < -0.3 is 9.88 Å². The van der Waals surface area contributed by atoms with E-state index in [0.717, 1.165) is 12.1 Å². The largest absolute Gasteiger partial charge is 0.352 e. The molecule has 1 saturated heterocycles. The van der Waals surface area contributed by atoms with Crippen LogP contribution in [0.25, 0.3) is 10.9 Å². The maximum Gasteiger partial charge on any atom is 0.301 e. The summed E-state index contributed by atoms with van der Waals surface area (Å²) in [6, 6.07) is 5.26. The molecule has 176 valence electrons. The van der Waals surface area contributed by atoms with E-state index in [1.807, 2.05) is 0 Å². The van der Waals surface area contributed by atoms with Gasteiger partial charge in [-0.15, -0.1) is 0 Å². The molecule has 13 heteroatoms. The molecule has 8 nitrogen and oxygen atoms in total. The zero-order chi connectivity index (χ0) is 24.1. The van der Waals surface area contributed by atoms with Crippen molar-refractivity contribution >= 4 is 49.8 Å². The topological polar surface area (TPSA) is 96.3 Å². The predicted molar refractivity (Wildman–Crippen MR) is 120 cm³/mol. The Kier molecular flexibility index (Phi) is 6.01. The average molecular weight is 502 g/mol. The zero-order valence-corrected chi connectivity index (χ0v) is 19.0. The first-order valence-corrected chi connectivity index (χ1v) is 11.6. The van der Waals surface area contributed by atoms with Gasteiger partial charge in [-0.05, 0) is 36.8 Å². The highest BCUT2D eigenvalue weighted by atomic mass is 35.5. The molecule has 2 aromatic carbocycles. The number of fused-ring (bicyclic) bond motifs is 1. The molecule has 0 radical (unpaired) electrons. The molecule has 1 fully saturated rings. The van der Waals surface area contributed by atoms with Crippen LogP contribution >= 0.6 is 11.6 Å². The van der Waals surface area contributed by atoms with Crippen LogP contribution in [0.3, 0.4) is 0 Å². The second-order valence-electron chi connectivity index (χ2n) is 7.66. The highest BCUT2D eigenvalue weighted by molar-refractivity contribution is 7.90. The van der Waals surface area contributed by atoms with Gasteiger partial charge in [-0.3, -0.25) is 9.52 Å². The molecule has 2 N–H and O–H groups in total. The summed E-state index contributed by atoms with van der Waals surface area (Å²) in [6.07, 6.45) is -2.47. The van der Waals surface area contributed by atoms with Crippen LogP contribution < -0.4 is 15.6 Å². The number of aryl methyl sites for hydroxylation is 2. The highest BCUT2D eigenvalue weighted by Gasteiger charge is 2.39. The van der Waals surface area contributed by atoms with E-state index in [0.29, 0.717) is 26.5 Å². The van der Waals surface area contributed by atoms with E-state index >= 15 is 0 Å². The van der Waals surface area contributed by atoms with Gasteiger partial charge in [0.2, 0.25) is 0 Å². The Hall–Kier alpha value is -2.83. The molecule has 0 aliphatic carbocycles. The standard InChI is InChI=1S/C20H19ClF3N5O3S/c1-10-14(5-6-15-17(10)20(30)28(2)9-25-15)26-19-11(22)3-4-16(18(19)21)27-33(31,32)29-7-12(23)13(24)8-29/h3-6,9,12-13,26-27H,7-8H2,1-2H3. The van der Waals surface area contributed by atoms with Gasteiger partial charge in [0.05, 0.1) is 33.6 Å². The summed E-state index contributed by atoms with van der Waals surface area (Å²) in [5.74, 6) is -0.782. The summed E-state index contributed by atoms with van der Waals surface area (Å²) in [5.41, 5.74) is 0.577. The van der Waals surface area contributed by atoms with Crippen molar-refractivity contribution in [3.63, 3.8) is 0 Å². The Morgan fingerprint density at radius 3 is 2.42 bits per heavy atom. The van der Waals surface area contributed by atoms with Crippen molar-refractivity contribution in [3.8, 4) is 0 Å². The smallest absolute Gasteiger partial charge is 0.301 e. The molecule has 0 saturated carbocycles. The third-order valence-corrected chi connectivity index (χ3v) is 7.27. The number of hydrogen-bond acceptors (Lipinski definition) is 5. The molecule has 3 aromatic rings. The average Bonchev–Trinajstić information content (AvgIpc) is 3.11. The van der Waals surface area contributed by atoms with Gasteiger partial charge in [-0.2, -0.15) is 12.7 Å². The summed E-state index contributed by atoms with van der Waals surface area (Å²) >= 11 is 6.29. The summed E-state index contributed by atoms with van der Waals surface area (Å²) in [5, 5.41) is 2.83. The van der Waals surface area contributed by atoms with E-state index in [1.54, 1.807) is 26.1 Å². The number of alkyl halides is 2. The van der Waals surface area contributed by atoms with E-state index in [2.05, 4.69) is 15.0 Å². The number of nitrogens with one attached hydrogen (secondary N) is 2. The lowest BCUT2D eigenvalue weighted by atomic mass is 10.1. The maximum absolute atomic E-state index is 14.6. The van der Waals surface area contributed by atoms with Crippen molar-refractivity contribution in [1.29, 1.82) is 0 Å². The molecule has 2 atom stereocenters. The van der Waals surface area contributed by atoms with Crippen LogP contribution in [0.4, 0.5) is 30.2 Å². The maximum atomic E-state index is 14.6. The fraction of sp³-hybridized carbons (Fsp3) is 0.300. The Morgan fingerprint density at radius 2 is 1.76 bits per heavy atom. The quantitative estimate of drug-likeness (QED) is 0.558. The fourth-order valence-electron chi connectivity index (χ4n) is 3.56. The SMILES string of the molecule is Cc1c(Nc2c(F)ccc(NS(=O)(=O)N3CC(F)C(F)C3)c2Cl)ccc2ncn(C)c(=O)c12. The van der Waals surface area contributed by atoms with Crippen molar-refractivity contribution in [2.24, 2.45) is 7.05 Å². The summed E-state index contributed by atoms with van der Waals surface area (Å²) in [7, 11) is -2.78. The second-order valence-corrected chi connectivity index (χ2v) is 9.71. The van der Waals surface area contributed by atoms with Gasteiger partial charge in [0.1, 0.15) is 18.2 Å². The normalized spacial score (nSPS) is 19.2. The lowest BCUT2D eigenvalue weighted by Crippen LogP contribution is -2.34. The molecule has 1 aromatic heterocycles. The fourth-order valence-corrected chi connectivity index (χ4v) is 5.12. The third kappa shape index (κ3) is 4.25. The minimum absolute atomic E-state index is 0.186. The Bertz CT molecular complexity index is 1410. The molecule has 33 heavy (non-hydrogen) atoms. The van der Waals surface area contributed by atoms with E-state index in [-0.39, 0.29) is 22.0 Å². The number of benzene rings is 2. The molecule has 2 unspecified atom stereocenters. The second kappa shape index (κ2) is 8.50. The van der Waals surface area contributed by atoms with E-state index in [9.17, 15) is 26.4 Å². The van der Waals surface area contributed by atoms with Crippen molar-refractivity contribution in [3.05, 3.63) is 57.3 Å². The number of aromatic nitrogens is 2. The van der Waals surface area contributed by atoms with Crippen molar-refractivity contribution in [1.82, 2.24) is 13.9 Å². The molecular formula is C20H19ClF3N5O3S. The molecular weight excluding hydrogens is 483 g/mol. The van der Waals surface area contributed by atoms with Crippen molar-refractivity contribution < 1.29 is 21.6 Å². The van der Waals surface area contributed by atoms with Gasteiger partial charge >= 0.3 is 10.2 Å². The first-order chi connectivity index (χ1) is 15.5. The van der Waals surface area contributed by atoms with Gasteiger partial charge in [-0.25, -0.2) is 18.2 Å². The highest BCUT2D eigenvalue weighted by Crippen LogP contribution is 2.37. The molecule has 0 amide bonds. The van der Waals surface area contributed by atoms with Crippen LogP contribution in [0.15, 0.2) is 35.4 Å². The lowest BCUT2D eigenvalue weighted by Gasteiger charge is -2.19. The molecule has 1 aliphatic heterocycles. The van der Waals surface area contributed by atoms with Gasteiger partial charge in [-0.1, -0.05) is 11.6 Å². The van der Waals surface area contributed by atoms with Crippen LogP contribution in [0.2, 0.25) is 5.02 Å². The number of hydrogen-bond donors (Lipinski definition) is 2. The lowest BCUT2D eigenvalue weighted by molar-refractivity contribution is 0.217. The summed E-state index contributed by atoms with van der Waals surface area (Å²) in [6.45, 7) is 0.375. The minimum atomic E-state index is -4.33. The number of nitrogens with zero attached hydrogens (tertiary/aromatic N) is 3.